The van der Waals surface area contributed by atoms with Crippen molar-refractivity contribution in [3.8, 4) is 5.88 Å². The van der Waals surface area contributed by atoms with Crippen LogP contribution in [-0.4, -0.2) is 41.2 Å². The molecule has 0 radical (unpaired) electrons. The van der Waals surface area contributed by atoms with E-state index in [4.69, 9.17) is 4.74 Å². The zero-order chi connectivity index (χ0) is 13.2. The summed E-state index contributed by atoms with van der Waals surface area (Å²) in [6.45, 7) is 11.2. The number of hydrogen-bond acceptors (Lipinski definition) is 5. The normalized spacial score (nSPS) is 19.1. The fourth-order valence-corrected chi connectivity index (χ4v) is 2.12. The minimum atomic E-state index is 0.0225. The van der Waals surface area contributed by atoms with Crippen LogP contribution in [-0.2, 0) is 0 Å². The van der Waals surface area contributed by atoms with Crippen LogP contribution in [0, 0.1) is 0 Å². The zero-order valence-corrected chi connectivity index (χ0v) is 11.6. The third-order valence-electron chi connectivity index (χ3n) is 3.02. The van der Waals surface area contributed by atoms with Crippen molar-refractivity contribution in [2.75, 3.05) is 24.5 Å². The maximum Gasteiger partial charge on any atom is 0.229 e. The van der Waals surface area contributed by atoms with E-state index < -0.39 is 0 Å². The van der Waals surface area contributed by atoms with Crippen molar-refractivity contribution in [3.05, 3.63) is 12.3 Å². The van der Waals surface area contributed by atoms with Crippen molar-refractivity contribution >= 4 is 5.95 Å². The summed E-state index contributed by atoms with van der Waals surface area (Å²) in [4.78, 5) is 11.1. The van der Waals surface area contributed by atoms with Crippen molar-refractivity contribution in [1.29, 1.82) is 0 Å². The fourth-order valence-electron chi connectivity index (χ4n) is 2.12. The minimum Gasteiger partial charge on any atom is -0.475 e. The van der Waals surface area contributed by atoms with Gasteiger partial charge < -0.3 is 15.0 Å². The van der Waals surface area contributed by atoms with Gasteiger partial charge in [-0.3, -0.25) is 0 Å². The second-order valence-electron chi connectivity index (χ2n) is 5.50. The SMILES string of the molecule is CC(C)Oc1ccnc(N2CCNCC2(C)C)n1. The molecule has 2 rings (SSSR count). The molecule has 1 aliphatic heterocycles. The number of anilines is 1. The highest BCUT2D eigenvalue weighted by Crippen LogP contribution is 2.23. The highest BCUT2D eigenvalue weighted by atomic mass is 16.5. The molecule has 0 amide bonds. The van der Waals surface area contributed by atoms with Crippen molar-refractivity contribution in [2.45, 2.75) is 39.3 Å². The van der Waals surface area contributed by atoms with Gasteiger partial charge in [0.15, 0.2) is 0 Å². The van der Waals surface area contributed by atoms with Crippen LogP contribution in [0.25, 0.3) is 0 Å². The van der Waals surface area contributed by atoms with Crippen LogP contribution in [0.2, 0.25) is 0 Å². The Kier molecular flexibility index (Phi) is 3.71. The van der Waals surface area contributed by atoms with Gasteiger partial charge in [0.25, 0.3) is 0 Å². The number of aromatic nitrogens is 2. The summed E-state index contributed by atoms with van der Waals surface area (Å²) < 4.78 is 5.62. The maximum atomic E-state index is 5.62. The van der Waals surface area contributed by atoms with Crippen LogP contribution in [0.4, 0.5) is 5.95 Å². The lowest BCUT2D eigenvalue weighted by atomic mass is 10.0. The van der Waals surface area contributed by atoms with E-state index in [0.29, 0.717) is 5.88 Å². The van der Waals surface area contributed by atoms with Crippen LogP contribution in [0.5, 0.6) is 5.88 Å². The summed E-state index contributed by atoms with van der Waals surface area (Å²) >= 11 is 0. The molecular weight excluding hydrogens is 228 g/mol. The van der Waals surface area contributed by atoms with Crippen LogP contribution >= 0.6 is 0 Å². The van der Waals surface area contributed by atoms with Gasteiger partial charge in [-0.1, -0.05) is 0 Å². The fraction of sp³-hybridized carbons (Fsp3) is 0.692. The van der Waals surface area contributed by atoms with E-state index in [1.807, 2.05) is 13.8 Å². The van der Waals surface area contributed by atoms with Gasteiger partial charge in [0.05, 0.1) is 6.10 Å². The standard InChI is InChI=1S/C13H22N4O/c1-10(2)18-11-5-6-15-12(16-11)17-8-7-14-9-13(17,3)4/h5-6,10,14H,7-9H2,1-4H3. The Balaban J connectivity index is 2.21. The van der Waals surface area contributed by atoms with Crippen molar-refractivity contribution < 1.29 is 4.74 Å². The number of piperazine rings is 1. The second kappa shape index (κ2) is 5.10. The zero-order valence-electron chi connectivity index (χ0n) is 11.6. The average molecular weight is 250 g/mol. The van der Waals surface area contributed by atoms with E-state index in [-0.39, 0.29) is 11.6 Å². The lowest BCUT2D eigenvalue weighted by Crippen LogP contribution is -2.58. The molecule has 1 N–H and O–H groups in total. The first-order valence-electron chi connectivity index (χ1n) is 6.47. The average Bonchev–Trinajstić information content (AvgIpc) is 2.27. The molecule has 2 heterocycles. The minimum absolute atomic E-state index is 0.0225. The van der Waals surface area contributed by atoms with E-state index in [0.717, 1.165) is 25.6 Å². The predicted octanol–water partition coefficient (Wildman–Crippen LogP) is 1.45. The molecule has 18 heavy (non-hydrogen) atoms. The Morgan fingerprint density at radius 1 is 1.44 bits per heavy atom. The molecule has 1 aromatic heterocycles. The topological polar surface area (TPSA) is 50.3 Å². The van der Waals surface area contributed by atoms with Gasteiger partial charge >= 0.3 is 0 Å². The quantitative estimate of drug-likeness (QED) is 0.880. The van der Waals surface area contributed by atoms with Gasteiger partial charge in [-0.05, 0) is 27.7 Å². The Bertz CT molecular complexity index is 406. The molecule has 5 heteroatoms. The molecule has 1 saturated heterocycles. The Hall–Kier alpha value is -1.36. The molecule has 0 atom stereocenters. The summed E-state index contributed by atoms with van der Waals surface area (Å²) in [6, 6.07) is 1.80. The summed E-state index contributed by atoms with van der Waals surface area (Å²) in [6.07, 6.45) is 1.89. The molecule has 0 bridgehead atoms. The van der Waals surface area contributed by atoms with Gasteiger partial charge in [-0.15, -0.1) is 0 Å². The smallest absolute Gasteiger partial charge is 0.229 e. The molecule has 1 fully saturated rings. The van der Waals surface area contributed by atoms with E-state index in [1.54, 1.807) is 12.3 Å². The number of nitrogens with zero attached hydrogens (tertiary/aromatic N) is 3. The molecule has 1 aromatic rings. The first kappa shape index (κ1) is 13.1. The van der Waals surface area contributed by atoms with Crippen LogP contribution in [0.3, 0.4) is 0 Å². The lowest BCUT2D eigenvalue weighted by molar-refractivity contribution is 0.232. The van der Waals surface area contributed by atoms with E-state index in [2.05, 4.69) is 34.0 Å². The van der Waals surface area contributed by atoms with E-state index in [1.165, 1.54) is 0 Å². The second-order valence-corrected chi connectivity index (χ2v) is 5.50. The molecule has 0 unspecified atom stereocenters. The third-order valence-corrected chi connectivity index (χ3v) is 3.02. The van der Waals surface area contributed by atoms with Gasteiger partial charge in [-0.2, -0.15) is 4.98 Å². The summed E-state index contributed by atoms with van der Waals surface area (Å²) in [5.74, 6) is 1.39. The Morgan fingerprint density at radius 3 is 2.89 bits per heavy atom. The predicted molar refractivity (Wildman–Crippen MR) is 72.1 cm³/mol. The van der Waals surface area contributed by atoms with Crippen LogP contribution in [0.1, 0.15) is 27.7 Å². The Labute approximate surface area is 109 Å². The van der Waals surface area contributed by atoms with Gasteiger partial charge in [0.2, 0.25) is 11.8 Å². The number of nitrogens with one attached hydrogen (secondary N) is 1. The molecule has 0 spiro atoms. The number of hydrogen-bond donors (Lipinski definition) is 1. The third kappa shape index (κ3) is 2.90. The highest BCUT2D eigenvalue weighted by molar-refractivity contribution is 5.37. The Morgan fingerprint density at radius 2 is 2.22 bits per heavy atom. The lowest BCUT2D eigenvalue weighted by Gasteiger charge is -2.42. The number of rotatable bonds is 3. The summed E-state index contributed by atoms with van der Waals surface area (Å²) in [5.41, 5.74) is 0.0225. The molecular formula is C13H22N4O. The van der Waals surface area contributed by atoms with Crippen molar-refractivity contribution in [3.63, 3.8) is 0 Å². The summed E-state index contributed by atoms with van der Waals surface area (Å²) in [7, 11) is 0. The largest absolute Gasteiger partial charge is 0.475 e. The van der Waals surface area contributed by atoms with Gasteiger partial charge in [0, 0.05) is 37.4 Å². The first-order valence-corrected chi connectivity index (χ1v) is 6.47. The van der Waals surface area contributed by atoms with Crippen LogP contribution < -0.4 is 15.0 Å². The van der Waals surface area contributed by atoms with E-state index in [9.17, 15) is 0 Å². The molecule has 100 valence electrons. The summed E-state index contributed by atoms with van der Waals surface area (Å²) in [5, 5.41) is 3.39. The van der Waals surface area contributed by atoms with Crippen molar-refractivity contribution in [2.24, 2.45) is 0 Å². The molecule has 5 nitrogen and oxygen atoms in total. The van der Waals surface area contributed by atoms with Crippen molar-refractivity contribution in [1.82, 2.24) is 15.3 Å². The first-order chi connectivity index (χ1) is 8.49. The highest BCUT2D eigenvalue weighted by Gasteiger charge is 2.31. The molecule has 1 aliphatic rings. The van der Waals surface area contributed by atoms with Gasteiger partial charge in [-0.25, -0.2) is 4.98 Å². The monoisotopic (exact) mass is 250 g/mol. The molecule has 0 aromatic carbocycles. The maximum absolute atomic E-state index is 5.62. The van der Waals surface area contributed by atoms with E-state index >= 15 is 0 Å². The van der Waals surface area contributed by atoms with Gasteiger partial charge in [0.1, 0.15) is 0 Å². The molecule has 0 aliphatic carbocycles. The number of ether oxygens (including phenoxy) is 1. The van der Waals surface area contributed by atoms with Crippen LogP contribution in [0.15, 0.2) is 12.3 Å². The molecule has 0 saturated carbocycles.